The van der Waals surface area contributed by atoms with E-state index in [4.69, 9.17) is 5.26 Å². The highest BCUT2D eigenvalue weighted by molar-refractivity contribution is 5.55. The van der Waals surface area contributed by atoms with Crippen LogP contribution in [0, 0.1) is 11.3 Å². The van der Waals surface area contributed by atoms with Gasteiger partial charge in [0, 0.05) is 23.3 Å². The fourth-order valence-electron chi connectivity index (χ4n) is 3.21. The van der Waals surface area contributed by atoms with E-state index in [1.165, 1.54) is 0 Å². The van der Waals surface area contributed by atoms with E-state index in [0.29, 0.717) is 0 Å². The minimum Gasteiger partial charge on any atom is -0.360 e. The van der Waals surface area contributed by atoms with Crippen molar-refractivity contribution in [3.8, 4) is 6.07 Å². The second-order valence-electron chi connectivity index (χ2n) is 6.55. The van der Waals surface area contributed by atoms with Crippen molar-refractivity contribution in [1.29, 1.82) is 5.26 Å². The predicted molar refractivity (Wildman–Crippen MR) is 79.3 cm³/mol. The fourth-order valence-corrected chi connectivity index (χ4v) is 3.21. The lowest BCUT2D eigenvalue weighted by Gasteiger charge is -2.49. The number of nitrogens with zero attached hydrogens (tertiary/aromatic N) is 2. The van der Waals surface area contributed by atoms with Crippen LogP contribution in [0.3, 0.4) is 0 Å². The number of benzene rings is 1. The van der Waals surface area contributed by atoms with Gasteiger partial charge in [-0.1, -0.05) is 6.07 Å². The van der Waals surface area contributed by atoms with Gasteiger partial charge in [-0.2, -0.15) is 5.26 Å². The van der Waals surface area contributed by atoms with Gasteiger partial charge in [0.15, 0.2) is 0 Å². The summed E-state index contributed by atoms with van der Waals surface area (Å²) in [5.41, 5.74) is 1.95. The molecule has 1 saturated heterocycles. The van der Waals surface area contributed by atoms with E-state index >= 15 is 0 Å². The Balaban J connectivity index is 2.50. The third kappa shape index (κ3) is 2.74. The SMILES string of the molecule is CC1(C)CCNCC(C)(C)N1c1cccc(C#N)c1. The standard InChI is InChI=1S/C16H23N3/c1-15(2)8-9-18-12-16(3,4)19(15)14-7-5-6-13(10-14)11-17/h5-7,10,18H,8-9,12H2,1-4H3. The topological polar surface area (TPSA) is 39.1 Å². The summed E-state index contributed by atoms with van der Waals surface area (Å²) in [4.78, 5) is 2.46. The van der Waals surface area contributed by atoms with E-state index in [9.17, 15) is 0 Å². The molecule has 0 radical (unpaired) electrons. The third-order valence-electron chi connectivity index (χ3n) is 3.92. The minimum atomic E-state index is 0.0219. The molecule has 3 nitrogen and oxygen atoms in total. The van der Waals surface area contributed by atoms with E-state index in [1.807, 2.05) is 18.2 Å². The average Bonchev–Trinajstić information content (AvgIpc) is 2.44. The summed E-state index contributed by atoms with van der Waals surface area (Å²) in [6.07, 6.45) is 1.09. The molecule has 1 aromatic rings. The highest BCUT2D eigenvalue weighted by Gasteiger charge is 2.39. The third-order valence-corrected chi connectivity index (χ3v) is 3.92. The first kappa shape index (κ1) is 13.9. The Hall–Kier alpha value is -1.53. The zero-order valence-corrected chi connectivity index (χ0v) is 12.3. The normalized spacial score (nSPS) is 21.5. The van der Waals surface area contributed by atoms with Crippen molar-refractivity contribution < 1.29 is 0 Å². The van der Waals surface area contributed by atoms with Crippen LogP contribution in [0.4, 0.5) is 5.69 Å². The highest BCUT2D eigenvalue weighted by atomic mass is 15.3. The van der Waals surface area contributed by atoms with Crippen LogP contribution in [-0.2, 0) is 0 Å². The van der Waals surface area contributed by atoms with Crippen molar-refractivity contribution in [3.63, 3.8) is 0 Å². The monoisotopic (exact) mass is 257 g/mol. The molecule has 0 atom stereocenters. The molecule has 102 valence electrons. The molecule has 1 heterocycles. The van der Waals surface area contributed by atoms with Gasteiger partial charge in [0.25, 0.3) is 0 Å². The summed E-state index contributed by atoms with van der Waals surface area (Å²) in [7, 11) is 0. The molecule has 0 aromatic heterocycles. The van der Waals surface area contributed by atoms with Crippen molar-refractivity contribution in [2.75, 3.05) is 18.0 Å². The molecule has 1 fully saturated rings. The lowest BCUT2D eigenvalue weighted by atomic mass is 9.90. The van der Waals surface area contributed by atoms with Crippen LogP contribution in [0.25, 0.3) is 0 Å². The number of nitrogens with one attached hydrogen (secondary N) is 1. The lowest BCUT2D eigenvalue weighted by molar-refractivity contribution is 0.357. The van der Waals surface area contributed by atoms with Crippen LogP contribution in [0.15, 0.2) is 24.3 Å². The van der Waals surface area contributed by atoms with Gasteiger partial charge in [-0.3, -0.25) is 0 Å². The van der Waals surface area contributed by atoms with Gasteiger partial charge in [-0.15, -0.1) is 0 Å². The van der Waals surface area contributed by atoms with Crippen molar-refractivity contribution in [1.82, 2.24) is 5.32 Å². The molecule has 0 unspecified atom stereocenters. The molecule has 1 aromatic carbocycles. The molecule has 2 rings (SSSR count). The molecule has 1 aliphatic heterocycles. The van der Waals surface area contributed by atoms with Crippen LogP contribution in [0.1, 0.15) is 39.7 Å². The average molecular weight is 257 g/mol. The molecule has 0 aliphatic carbocycles. The van der Waals surface area contributed by atoms with Gasteiger partial charge in [-0.05, 0) is 58.9 Å². The summed E-state index contributed by atoms with van der Waals surface area (Å²) < 4.78 is 0. The molecule has 19 heavy (non-hydrogen) atoms. The maximum absolute atomic E-state index is 9.10. The van der Waals surface area contributed by atoms with Gasteiger partial charge in [0.2, 0.25) is 0 Å². The van der Waals surface area contributed by atoms with Gasteiger partial charge in [0.05, 0.1) is 11.6 Å². The Labute approximate surface area is 116 Å². The van der Waals surface area contributed by atoms with E-state index < -0.39 is 0 Å². The van der Waals surface area contributed by atoms with Gasteiger partial charge in [-0.25, -0.2) is 0 Å². The summed E-state index contributed by atoms with van der Waals surface area (Å²) in [6.45, 7) is 11.1. The minimum absolute atomic E-state index is 0.0219. The summed E-state index contributed by atoms with van der Waals surface area (Å²) in [5.74, 6) is 0. The second kappa shape index (κ2) is 4.86. The summed E-state index contributed by atoms with van der Waals surface area (Å²) in [5, 5.41) is 12.6. The second-order valence-corrected chi connectivity index (χ2v) is 6.55. The van der Waals surface area contributed by atoms with E-state index in [0.717, 1.165) is 30.8 Å². The Morgan fingerprint density at radius 3 is 2.63 bits per heavy atom. The number of anilines is 1. The molecular formula is C16H23N3. The fraction of sp³-hybridized carbons (Fsp3) is 0.562. The van der Waals surface area contributed by atoms with Gasteiger partial charge < -0.3 is 10.2 Å². The highest BCUT2D eigenvalue weighted by Crippen LogP contribution is 2.35. The Kier molecular flexibility index (Phi) is 3.56. The number of hydrogen-bond donors (Lipinski definition) is 1. The van der Waals surface area contributed by atoms with Crippen molar-refractivity contribution in [2.24, 2.45) is 0 Å². The zero-order valence-electron chi connectivity index (χ0n) is 12.3. The van der Waals surface area contributed by atoms with Crippen LogP contribution in [0.5, 0.6) is 0 Å². The predicted octanol–water partition coefficient (Wildman–Crippen LogP) is 2.92. The van der Waals surface area contributed by atoms with Crippen LogP contribution in [-0.4, -0.2) is 24.2 Å². The summed E-state index contributed by atoms with van der Waals surface area (Å²) in [6, 6.07) is 10.2. The van der Waals surface area contributed by atoms with E-state index in [2.05, 4.69) is 50.0 Å². The van der Waals surface area contributed by atoms with Crippen LogP contribution >= 0.6 is 0 Å². The number of hydrogen-bond acceptors (Lipinski definition) is 3. The molecule has 3 heteroatoms. The lowest BCUT2D eigenvalue weighted by Crippen LogP contribution is -2.57. The Morgan fingerprint density at radius 2 is 1.95 bits per heavy atom. The maximum Gasteiger partial charge on any atom is 0.0992 e. The largest absolute Gasteiger partial charge is 0.360 e. The maximum atomic E-state index is 9.10. The molecule has 0 amide bonds. The smallest absolute Gasteiger partial charge is 0.0992 e. The van der Waals surface area contributed by atoms with E-state index in [1.54, 1.807) is 0 Å². The van der Waals surface area contributed by atoms with Gasteiger partial charge >= 0.3 is 0 Å². The summed E-state index contributed by atoms with van der Waals surface area (Å²) >= 11 is 0. The first-order chi connectivity index (χ1) is 8.87. The molecule has 0 bridgehead atoms. The Bertz CT molecular complexity index is 479. The van der Waals surface area contributed by atoms with Crippen molar-refractivity contribution in [3.05, 3.63) is 29.8 Å². The van der Waals surface area contributed by atoms with Crippen molar-refractivity contribution >= 4 is 5.69 Å². The zero-order chi connectivity index (χ0) is 14.1. The number of nitriles is 1. The first-order valence-corrected chi connectivity index (χ1v) is 6.88. The van der Waals surface area contributed by atoms with Crippen molar-refractivity contribution in [2.45, 2.75) is 45.2 Å². The Morgan fingerprint density at radius 1 is 1.21 bits per heavy atom. The molecular weight excluding hydrogens is 234 g/mol. The molecule has 1 N–H and O–H groups in total. The van der Waals surface area contributed by atoms with Crippen LogP contribution < -0.4 is 10.2 Å². The molecule has 1 aliphatic rings. The number of rotatable bonds is 1. The molecule has 0 saturated carbocycles. The quantitative estimate of drug-likeness (QED) is 0.840. The van der Waals surface area contributed by atoms with E-state index in [-0.39, 0.29) is 11.1 Å². The molecule has 0 spiro atoms. The first-order valence-electron chi connectivity index (χ1n) is 6.88. The van der Waals surface area contributed by atoms with Gasteiger partial charge in [0.1, 0.15) is 0 Å². The van der Waals surface area contributed by atoms with Crippen LogP contribution in [0.2, 0.25) is 0 Å².